The van der Waals surface area contributed by atoms with Crippen LogP contribution >= 0.6 is 15.9 Å². The zero-order chi connectivity index (χ0) is 18.6. The standard InChI is InChI=1S/C15H12BrN7O3/c1-20-12-11(14(25)21(2)15(20)26)22(6-17-12)7-23-13(24)9-5-8(16)3-4-10(9)18-19-23/h3-6H,7H2,1-2H3. The summed E-state index contributed by atoms with van der Waals surface area (Å²) in [4.78, 5) is 41.3. The maximum absolute atomic E-state index is 12.7. The number of hydrogen-bond donors (Lipinski definition) is 0. The van der Waals surface area contributed by atoms with Gasteiger partial charge in [-0.05, 0) is 18.2 Å². The van der Waals surface area contributed by atoms with Crippen molar-refractivity contribution in [2.75, 3.05) is 0 Å². The van der Waals surface area contributed by atoms with Crippen molar-refractivity contribution in [3.05, 3.63) is 60.2 Å². The molecule has 0 aliphatic rings. The van der Waals surface area contributed by atoms with Gasteiger partial charge in [0.25, 0.3) is 11.1 Å². The molecule has 10 nitrogen and oxygen atoms in total. The zero-order valence-electron chi connectivity index (χ0n) is 13.7. The lowest BCUT2D eigenvalue weighted by Crippen LogP contribution is -2.38. The summed E-state index contributed by atoms with van der Waals surface area (Å²) in [6.07, 6.45) is 1.39. The van der Waals surface area contributed by atoms with Crippen LogP contribution in [-0.4, -0.2) is 33.7 Å². The van der Waals surface area contributed by atoms with Crippen LogP contribution in [0.15, 0.2) is 43.4 Å². The lowest BCUT2D eigenvalue weighted by molar-refractivity contribution is 0.506. The van der Waals surface area contributed by atoms with E-state index in [1.807, 2.05) is 0 Å². The second-order valence-electron chi connectivity index (χ2n) is 5.79. The van der Waals surface area contributed by atoms with Crippen LogP contribution in [-0.2, 0) is 20.8 Å². The Morgan fingerprint density at radius 2 is 1.85 bits per heavy atom. The highest BCUT2D eigenvalue weighted by atomic mass is 79.9. The second kappa shape index (κ2) is 5.73. The highest BCUT2D eigenvalue weighted by Crippen LogP contribution is 2.14. The molecular weight excluding hydrogens is 406 g/mol. The highest BCUT2D eigenvalue weighted by molar-refractivity contribution is 9.10. The predicted molar refractivity (Wildman–Crippen MR) is 97.1 cm³/mol. The zero-order valence-corrected chi connectivity index (χ0v) is 15.3. The Morgan fingerprint density at radius 3 is 2.62 bits per heavy atom. The monoisotopic (exact) mass is 417 g/mol. The summed E-state index contributed by atoms with van der Waals surface area (Å²) in [6, 6.07) is 5.13. The number of hydrogen-bond acceptors (Lipinski definition) is 6. The van der Waals surface area contributed by atoms with Gasteiger partial charge >= 0.3 is 5.69 Å². The van der Waals surface area contributed by atoms with Gasteiger partial charge in [-0.25, -0.2) is 9.78 Å². The molecule has 0 atom stereocenters. The van der Waals surface area contributed by atoms with E-state index in [0.29, 0.717) is 10.9 Å². The van der Waals surface area contributed by atoms with Crippen molar-refractivity contribution >= 4 is 38.0 Å². The molecule has 11 heteroatoms. The van der Waals surface area contributed by atoms with Gasteiger partial charge in [-0.3, -0.25) is 18.7 Å². The third-order valence-corrected chi connectivity index (χ3v) is 4.68. The molecule has 4 aromatic rings. The third-order valence-electron chi connectivity index (χ3n) is 4.19. The Morgan fingerprint density at radius 1 is 1.08 bits per heavy atom. The number of nitrogens with zero attached hydrogens (tertiary/aromatic N) is 7. The van der Waals surface area contributed by atoms with Crippen LogP contribution in [0.25, 0.3) is 22.1 Å². The van der Waals surface area contributed by atoms with E-state index in [0.717, 1.165) is 13.7 Å². The molecule has 132 valence electrons. The van der Waals surface area contributed by atoms with Crippen LogP contribution in [0.3, 0.4) is 0 Å². The average Bonchev–Trinajstić information content (AvgIpc) is 3.05. The fraction of sp³-hybridized carbons (Fsp3) is 0.200. The molecule has 0 fully saturated rings. The van der Waals surface area contributed by atoms with Gasteiger partial charge in [-0.15, -0.1) is 5.10 Å². The number of aryl methyl sites for hydroxylation is 1. The number of aromatic nitrogens is 7. The predicted octanol–water partition coefficient (Wildman–Crippen LogP) is -0.193. The smallest absolute Gasteiger partial charge is 0.304 e. The fourth-order valence-corrected chi connectivity index (χ4v) is 3.15. The van der Waals surface area contributed by atoms with Crippen molar-refractivity contribution in [3.8, 4) is 0 Å². The lowest BCUT2D eigenvalue weighted by atomic mass is 10.2. The van der Waals surface area contributed by atoms with Crippen LogP contribution in [0.5, 0.6) is 0 Å². The summed E-state index contributed by atoms with van der Waals surface area (Å²) in [5.41, 5.74) is -0.395. The van der Waals surface area contributed by atoms with E-state index < -0.39 is 11.2 Å². The number of benzene rings is 1. The molecule has 26 heavy (non-hydrogen) atoms. The summed E-state index contributed by atoms with van der Waals surface area (Å²) in [5, 5.41) is 8.36. The first kappa shape index (κ1) is 16.4. The topological polar surface area (TPSA) is 110 Å². The molecule has 0 aliphatic heterocycles. The Bertz CT molecular complexity index is 1360. The summed E-state index contributed by atoms with van der Waals surface area (Å²) in [7, 11) is 2.92. The van der Waals surface area contributed by atoms with Crippen LogP contribution < -0.4 is 16.8 Å². The van der Waals surface area contributed by atoms with Crippen molar-refractivity contribution in [1.82, 2.24) is 33.7 Å². The minimum Gasteiger partial charge on any atom is -0.304 e. The van der Waals surface area contributed by atoms with Crippen molar-refractivity contribution in [3.63, 3.8) is 0 Å². The van der Waals surface area contributed by atoms with E-state index >= 15 is 0 Å². The number of halogens is 1. The van der Waals surface area contributed by atoms with Crippen molar-refractivity contribution in [2.45, 2.75) is 6.67 Å². The van der Waals surface area contributed by atoms with Gasteiger partial charge in [0.1, 0.15) is 12.2 Å². The molecule has 0 aliphatic carbocycles. The normalized spacial score (nSPS) is 11.5. The summed E-state index contributed by atoms with van der Waals surface area (Å²) in [5.74, 6) is 0. The molecule has 4 rings (SSSR count). The molecule has 0 amide bonds. The third kappa shape index (κ3) is 2.31. The van der Waals surface area contributed by atoms with Crippen LogP contribution in [0, 0.1) is 0 Å². The first-order chi connectivity index (χ1) is 12.4. The van der Waals surface area contributed by atoms with E-state index in [1.165, 1.54) is 29.6 Å². The quantitative estimate of drug-likeness (QED) is 0.446. The van der Waals surface area contributed by atoms with E-state index in [-0.39, 0.29) is 23.4 Å². The van der Waals surface area contributed by atoms with Gasteiger partial charge in [-0.2, -0.15) is 4.68 Å². The second-order valence-corrected chi connectivity index (χ2v) is 6.71. The minimum absolute atomic E-state index is 0.0573. The van der Waals surface area contributed by atoms with Gasteiger partial charge in [0, 0.05) is 18.6 Å². The lowest BCUT2D eigenvalue weighted by Gasteiger charge is -2.08. The SMILES string of the molecule is Cn1c(=O)c2c(ncn2Cn2nnc3ccc(Br)cc3c2=O)n(C)c1=O. The summed E-state index contributed by atoms with van der Waals surface area (Å²) >= 11 is 3.33. The Hall–Kier alpha value is -3.08. The molecule has 1 aromatic carbocycles. The summed E-state index contributed by atoms with van der Waals surface area (Å²) < 4.78 is 5.63. The maximum Gasteiger partial charge on any atom is 0.332 e. The largest absolute Gasteiger partial charge is 0.332 e. The van der Waals surface area contributed by atoms with Crippen molar-refractivity contribution in [1.29, 1.82) is 0 Å². The maximum atomic E-state index is 12.7. The molecule has 3 aromatic heterocycles. The number of imidazole rings is 1. The molecule has 0 saturated carbocycles. The number of rotatable bonds is 2. The Balaban J connectivity index is 1.93. The highest BCUT2D eigenvalue weighted by Gasteiger charge is 2.15. The van der Waals surface area contributed by atoms with Crippen LogP contribution in [0.4, 0.5) is 0 Å². The van der Waals surface area contributed by atoms with Gasteiger partial charge in [0.2, 0.25) is 0 Å². The molecule has 0 spiro atoms. The van der Waals surface area contributed by atoms with E-state index in [2.05, 4.69) is 31.2 Å². The van der Waals surface area contributed by atoms with Crippen LogP contribution in [0.2, 0.25) is 0 Å². The molecular formula is C15H12BrN7O3. The van der Waals surface area contributed by atoms with E-state index in [4.69, 9.17) is 0 Å². The molecule has 0 radical (unpaired) electrons. The van der Waals surface area contributed by atoms with E-state index in [9.17, 15) is 14.4 Å². The molecule has 0 bridgehead atoms. The van der Waals surface area contributed by atoms with Gasteiger partial charge in [0.15, 0.2) is 11.2 Å². The van der Waals surface area contributed by atoms with Crippen molar-refractivity contribution in [2.24, 2.45) is 14.1 Å². The number of fused-ring (bicyclic) bond motifs is 2. The Kier molecular flexibility index (Phi) is 3.61. The van der Waals surface area contributed by atoms with Gasteiger partial charge < -0.3 is 4.57 Å². The minimum atomic E-state index is -0.495. The van der Waals surface area contributed by atoms with Crippen molar-refractivity contribution < 1.29 is 0 Å². The summed E-state index contributed by atoms with van der Waals surface area (Å²) in [6.45, 7) is -0.0573. The first-order valence-corrected chi connectivity index (χ1v) is 8.31. The Labute approximate surface area is 153 Å². The molecule has 0 N–H and O–H groups in total. The first-order valence-electron chi connectivity index (χ1n) is 7.52. The molecule has 0 unspecified atom stereocenters. The fourth-order valence-electron chi connectivity index (χ4n) is 2.79. The van der Waals surface area contributed by atoms with Gasteiger partial charge in [0.05, 0.1) is 11.7 Å². The molecule has 3 heterocycles. The van der Waals surface area contributed by atoms with E-state index in [1.54, 1.807) is 18.2 Å². The average molecular weight is 418 g/mol. The van der Waals surface area contributed by atoms with Crippen LogP contribution in [0.1, 0.15) is 0 Å². The molecule has 0 saturated heterocycles. The van der Waals surface area contributed by atoms with Gasteiger partial charge in [-0.1, -0.05) is 21.1 Å².